The number of nitrogens with one attached hydrogen (secondary N) is 1. The van der Waals surface area contributed by atoms with Gasteiger partial charge in [0.05, 0.1) is 4.90 Å². The highest BCUT2D eigenvalue weighted by atomic mass is 79.9. The van der Waals surface area contributed by atoms with E-state index >= 15 is 0 Å². The molecule has 0 bridgehead atoms. The molecule has 0 aliphatic heterocycles. The first-order valence-corrected chi connectivity index (χ1v) is 8.84. The van der Waals surface area contributed by atoms with Gasteiger partial charge in [-0.05, 0) is 35.4 Å². The van der Waals surface area contributed by atoms with E-state index in [2.05, 4.69) is 21.2 Å². The van der Waals surface area contributed by atoms with Crippen LogP contribution in [0.2, 0.25) is 5.02 Å². The monoisotopic (exact) mass is 388 g/mol. The predicted octanol–water partition coefficient (Wildman–Crippen LogP) is 3.04. The molecule has 3 N–H and O–H groups in total. The van der Waals surface area contributed by atoms with Gasteiger partial charge in [-0.3, -0.25) is 0 Å². The van der Waals surface area contributed by atoms with Gasteiger partial charge in [-0.2, -0.15) is 0 Å². The van der Waals surface area contributed by atoms with Gasteiger partial charge in [0.1, 0.15) is 0 Å². The molecule has 0 spiro atoms. The maximum Gasteiger partial charge on any atom is 0.238 e. The van der Waals surface area contributed by atoms with Gasteiger partial charge in [0.15, 0.2) is 0 Å². The number of hydrogen-bond acceptors (Lipinski definition) is 3. The minimum absolute atomic E-state index is 0.114. The van der Waals surface area contributed by atoms with Crippen LogP contribution in [0.5, 0.6) is 0 Å². The summed E-state index contributed by atoms with van der Waals surface area (Å²) < 4.78 is 23.5. The number of benzene rings is 2. The Hall–Kier alpha value is -0.920. The molecule has 0 saturated carbocycles. The zero-order valence-electron chi connectivity index (χ0n) is 11.0. The number of sulfonamides is 1. The average molecular weight is 390 g/mol. The van der Waals surface area contributed by atoms with Crippen LogP contribution in [0.4, 0.5) is 0 Å². The van der Waals surface area contributed by atoms with Crippen molar-refractivity contribution in [3.05, 3.63) is 63.1 Å². The number of halogens is 2. The minimum Gasteiger partial charge on any atom is -0.309 e. The predicted molar refractivity (Wildman–Crippen MR) is 87.5 cm³/mol. The van der Waals surface area contributed by atoms with Crippen LogP contribution in [0.25, 0.3) is 0 Å². The van der Waals surface area contributed by atoms with Crippen LogP contribution in [-0.4, -0.2) is 8.42 Å². The lowest BCUT2D eigenvalue weighted by Crippen LogP contribution is -2.15. The van der Waals surface area contributed by atoms with E-state index in [1.54, 1.807) is 12.1 Å². The molecule has 0 saturated heterocycles. The first-order chi connectivity index (χ1) is 9.86. The molecule has 112 valence electrons. The fourth-order valence-corrected chi connectivity index (χ4v) is 3.16. The first-order valence-electron chi connectivity index (χ1n) is 6.12. The largest absolute Gasteiger partial charge is 0.309 e. The standard InChI is InChI=1S/C14H14BrClN2O2S/c15-12-5-4-11(14(16)7-12)9-18-8-10-2-1-3-13(6-10)21(17,19)20/h1-7,18H,8-9H2,(H2,17,19,20). The highest BCUT2D eigenvalue weighted by Crippen LogP contribution is 2.21. The summed E-state index contributed by atoms with van der Waals surface area (Å²) in [4.78, 5) is 0.114. The van der Waals surface area contributed by atoms with Gasteiger partial charge < -0.3 is 5.32 Å². The minimum atomic E-state index is -3.67. The Bertz CT molecular complexity index is 750. The van der Waals surface area contributed by atoms with Crippen molar-refractivity contribution in [2.75, 3.05) is 0 Å². The Morgan fingerprint density at radius 1 is 1.14 bits per heavy atom. The van der Waals surface area contributed by atoms with E-state index in [0.29, 0.717) is 18.1 Å². The van der Waals surface area contributed by atoms with Crippen molar-refractivity contribution in [1.29, 1.82) is 0 Å². The Morgan fingerprint density at radius 2 is 1.90 bits per heavy atom. The van der Waals surface area contributed by atoms with Gasteiger partial charge in [-0.1, -0.05) is 45.7 Å². The molecule has 0 aliphatic rings. The molecule has 0 unspecified atom stereocenters. The summed E-state index contributed by atoms with van der Waals surface area (Å²) in [6.07, 6.45) is 0. The number of primary sulfonamides is 1. The van der Waals surface area contributed by atoms with Gasteiger partial charge in [0, 0.05) is 22.6 Å². The molecule has 0 fully saturated rings. The van der Waals surface area contributed by atoms with E-state index in [4.69, 9.17) is 16.7 Å². The van der Waals surface area contributed by atoms with Gasteiger partial charge >= 0.3 is 0 Å². The molecule has 0 radical (unpaired) electrons. The Kier molecular flexibility index (Phi) is 5.40. The zero-order valence-corrected chi connectivity index (χ0v) is 14.2. The third-order valence-corrected chi connectivity index (χ3v) is 4.64. The van der Waals surface area contributed by atoms with Gasteiger partial charge in [-0.25, -0.2) is 13.6 Å². The Balaban J connectivity index is 2.01. The summed E-state index contributed by atoms with van der Waals surface area (Å²) in [5.74, 6) is 0. The van der Waals surface area contributed by atoms with Crippen molar-refractivity contribution in [2.45, 2.75) is 18.0 Å². The third kappa shape index (κ3) is 4.79. The summed E-state index contributed by atoms with van der Waals surface area (Å²) in [6.45, 7) is 1.11. The molecule has 0 aromatic heterocycles. The van der Waals surface area contributed by atoms with Crippen molar-refractivity contribution >= 4 is 37.6 Å². The normalized spacial score (nSPS) is 11.6. The molecule has 21 heavy (non-hydrogen) atoms. The molecule has 2 aromatic carbocycles. The number of nitrogens with two attached hydrogens (primary N) is 1. The van der Waals surface area contributed by atoms with Crippen LogP contribution in [0.1, 0.15) is 11.1 Å². The summed E-state index contributed by atoms with van der Waals surface area (Å²) in [5, 5.41) is 9.01. The van der Waals surface area contributed by atoms with E-state index in [0.717, 1.165) is 15.6 Å². The molecular formula is C14H14BrClN2O2S. The van der Waals surface area contributed by atoms with Crippen LogP contribution in [0.3, 0.4) is 0 Å². The molecule has 2 rings (SSSR count). The zero-order chi connectivity index (χ0) is 15.5. The highest BCUT2D eigenvalue weighted by molar-refractivity contribution is 9.10. The van der Waals surface area contributed by atoms with Crippen LogP contribution in [-0.2, 0) is 23.1 Å². The van der Waals surface area contributed by atoms with Gasteiger partial charge in [-0.15, -0.1) is 0 Å². The molecule has 4 nitrogen and oxygen atoms in total. The van der Waals surface area contributed by atoms with E-state index < -0.39 is 10.0 Å². The summed E-state index contributed by atoms with van der Waals surface area (Å²) in [6, 6.07) is 12.2. The van der Waals surface area contributed by atoms with Gasteiger partial charge in [0.2, 0.25) is 10.0 Å². The Morgan fingerprint density at radius 3 is 2.57 bits per heavy atom. The molecule has 0 atom stereocenters. The van der Waals surface area contributed by atoms with E-state index in [-0.39, 0.29) is 4.90 Å². The van der Waals surface area contributed by atoms with Crippen LogP contribution in [0.15, 0.2) is 51.8 Å². The molecule has 0 amide bonds. The molecular weight excluding hydrogens is 376 g/mol. The highest BCUT2D eigenvalue weighted by Gasteiger charge is 2.07. The van der Waals surface area contributed by atoms with E-state index in [1.165, 1.54) is 6.07 Å². The second kappa shape index (κ2) is 6.89. The fraction of sp³-hybridized carbons (Fsp3) is 0.143. The van der Waals surface area contributed by atoms with Crippen LogP contribution < -0.4 is 10.5 Å². The topological polar surface area (TPSA) is 72.2 Å². The quantitative estimate of drug-likeness (QED) is 0.825. The maximum absolute atomic E-state index is 11.3. The Labute approximate surface area is 137 Å². The molecule has 2 aromatic rings. The van der Waals surface area contributed by atoms with Crippen molar-refractivity contribution in [3.63, 3.8) is 0 Å². The number of hydrogen-bond donors (Lipinski definition) is 2. The van der Waals surface area contributed by atoms with Crippen molar-refractivity contribution < 1.29 is 8.42 Å². The second-order valence-electron chi connectivity index (χ2n) is 4.53. The van der Waals surface area contributed by atoms with Crippen LogP contribution >= 0.6 is 27.5 Å². The molecule has 0 heterocycles. The second-order valence-corrected chi connectivity index (χ2v) is 7.42. The SMILES string of the molecule is NS(=O)(=O)c1cccc(CNCc2ccc(Br)cc2Cl)c1. The number of rotatable bonds is 5. The van der Waals surface area contributed by atoms with E-state index in [1.807, 2.05) is 24.3 Å². The lowest BCUT2D eigenvalue weighted by Gasteiger charge is -2.08. The smallest absolute Gasteiger partial charge is 0.238 e. The van der Waals surface area contributed by atoms with E-state index in [9.17, 15) is 8.42 Å². The maximum atomic E-state index is 11.3. The third-order valence-electron chi connectivity index (χ3n) is 2.89. The summed E-state index contributed by atoms with van der Waals surface area (Å²) in [7, 11) is -3.67. The lowest BCUT2D eigenvalue weighted by molar-refractivity contribution is 0.597. The average Bonchev–Trinajstić information content (AvgIpc) is 2.41. The molecule has 0 aliphatic carbocycles. The van der Waals surface area contributed by atoms with Crippen molar-refractivity contribution in [1.82, 2.24) is 5.32 Å². The fourth-order valence-electron chi connectivity index (χ4n) is 1.84. The summed E-state index contributed by atoms with van der Waals surface area (Å²) in [5.41, 5.74) is 1.82. The summed E-state index contributed by atoms with van der Waals surface area (Å²) >= 11 is 9.48. The van der Waals surface area contributed by atoms with Crippen molar-refractivity contribution in [3.8, 4) is 0 Å². The lowest BCUT2D eigenvalue weighted by atomic mass is 10.2. The van der Waals surface area contributed by atoms with Crippen LogP contribution in [0, 0.1) is 0 Å². The molecule has 7 heteroatoms. The first kappa shape index (κ1) is 16.5. The van der Waals surface area contributed by atoms with Crippen molar-refractivity contribution in [2.24, 2.45) is 5.14 Å². The van der Waals surface area contributed by atoms with Gasteiger partial charge in [0.25, 0.3) is 0 Å².